The highest BCUT2D eigenvalue weighted by Gasteiger charge is 2.17. The molecule has 0 aliphatic carbocycles. The minimum absolute atomic E-state index is 0.169. The Morgan fingerprint density at radius 1 is 1.05 bits per heavy atom. The fourth-order valence-electron chi connectivity index (χ4n) is 2.52. The van der Waals surface area contributed by atoms with E-state index >= 15 is 0 Å². The molecule has 0 fully saturated rings. The third-order valence-corrected chi connectivity index (χ3v) is 3.48. The van der Waals surface area contributed by atoms with Crippen LogP contribution < -0.4 is 10.1 Å². The number of nitrogens with one attached hydrogen (secondary N) is 1. The number of para-hydroxylation sites is 1. The average molecular weight is 283 g/mol. The van der Waals surface area contributed by atoms with E-state index in [1.54, 1.807) is 0 Å². The largest absolute Gasteiger partial charge is 0.493 e. The molecule has 0 amide bonds. The highest BCUT2D eigenvalue weighted by atomic mass is 16.5. The van der Waals surface area contributed by atoms with Gasteiger partial charge >= 0.3 is 0 Å². The van der Waals surface area contributed by atoms with Crippen molar-refractivity contribution in [1.82, 2.24) is 5.32 Å². The first-order valence-corrected chi connectivity index (χ1v) is 7.78. The lowest BCUT2D eigenvalue weighted by Crippen LogP contribution is -2.22. The smallest absolute Gasteiger partial charge is 0.124 e. The van der Waals surface area contributed by atoms with Crippen molar-refractivity contribution in [3.05, 3.63) is 65.2 Å². The molecule has 0 aliphatic heterocycles. The molecule has 1 unspecified atom stereocenters. The topological polar surface area (TPSA) is 21.3 Å². The van der Waals surface area contributed by atoms with Crippen LogP contribution in [0.1, 0.15) is 43.0 Å². The van der Waals surface area contributed by atoms with E-state index in [0.717, 1.165) is 25.3 Å². The Hall–Kier alpha value is -1.80. The van der Waals surface area contributed by atoms with Crippen molar-refractivity contribution in [2.45, 2.75) is 33.2 Å². The predicted molar refractivity (Wildman–Crippen MR) is 88.9 cm³/mol. The summed E-state index contributed by atoms with van der Waals surface area (Å²) in [4.78, 5) is 0. The van der Waals surface area contributed by atoms with Gasteiger partial charge in [-0.2, -0.15) is 0 Å². The van der Waals surface area contributed by atoms with E-state index in [-0.39, 0.29) is 6.04 Å². The van der Waals surface area contributed by atoms with Gasteiger partial charge in [0.25, 0.3) is 0 Å². The molecule has 0 aliphatic rings. The number of ether oxygens (including phenoxy) is 1. The van der Waals surface area contributed by atoms with E-state index in [2.05, 4.69) is 68.6 Å². The lowest BCUT2D eigenvalue weighted by molar-refractivity contribution is 0.312. The van der Waals surface area contributed by atoms with Crippen LogP contribution in [0.4, 0.5) is 0 Å². The van der Waals surface area contributed by atoms with Gasteiger partial charge in [-0.3, -0.25) is 0 Å². The van der Waals surface area contributed by atoms with Gasteiger partial charge in [0.05, 0.1) is 12.6 Å². The molecule has 2 heteroatoms. The molecule has 0 heterocycles. The number of hydrogen-bond donors (Lipinski definition) is 1. The zero-order chi connectivity index (χ0) is 15.1. The summed E-state index contributed by atoms with van der Waals surface area (Å²) in [5, 5.41) is 3.58. The SMILES string of the molecule is CCCOc1ccccc1C(NCC)c1cccc(C)c1. The quantitative estimate of drug-likeness (QED) is 0.808. The van der Waals surface area contributed by atoms with Crippen molar-refractivity contribution < 1.29 is 4.74 Å². The number of hydrogen-bond acceptors (Lipinski definition) is 2. The van der Waals surface area contributed by atoms with Crippen LogP contribution in [0.15, 0.2) is 48.5 Å². The average Bonchev–Trinajstić information content (AvgIpc) is 2.51. The van der Waals surface area contributed by atoms with E-state index in [1.807, 2.05) is 6.07 Å². The summed E-state index contributed by atoms with van der Waals surface area (Å²) in [7, 11) is 0. The Morgan fingerprint density at radius 2 is 1.86 bits per heavy atom. The van der Waals surface area contributed by atoms with E-state index in [4.69, 9.17) is 4.74 Å². The van der Waals surface area contributed by atoms with Crippen molar-refractivity contribution in [1.29, 1.82) is 0 Å². The second kappa shape index (κ2) is 7.84. The zero-order valence-electron chi connectivity index (χ0n) is 13.2. The van der Waals surface area contributed by atoms with E-state index in [9.17, 15) is 0 Å². The van der Waals surface area contributed by atoms with E-state index in [0.29, 0.717) is 0 Å². The van der Waals surface area contributed by atoms with Crippen molar-refractivity contribution in [2.24, 2.45) is 0 Å². The molecule has 2 aromatic carbocycles. The van der Waals surface area contributed by atoms with E-state index < -0.39 is 0 Å². The molecule has 112 valence electrons. The second-order valence-electron chi connectivity index (χ2n) is 5.29. The summed E-state index contributed by atoms with van der Waals surface area (Å²) in [6.45, 7) is 8.07. The molecule has 0 aromatic heterocycles. The third kappa shape index (κ3) is 4.08. The number of aryl methyl sites for hydroxylation is 1. The van der Waals surface area contributed by atoms with Crippen molar-refractivity contribution >= 4 is 0 Å². The van der Waals surface area contributed by atoms with Crippen LogP contribution in [0, 0.1) is 6.92 Å². The number of rotatable bonds is 7. The van der Waals surface area contributed by atoms with Gasteiger partial charge in [0.2, 0.25) is 0 Å². The second-order valence-corrected chi connectivity index (χ2v) is 5.29. The highest BCUT2D eigenvalue weighted by Crippen LogP contribution is 2.30. The molecule has 0 saturated carbocycles. The lowest BCUT2D eigenvalue weighted by atomic mass is 9.96. The first kappa shape index (κ1) is 15.6. The molecule has 1 N–H and O–H groups in total. The Bertz CT molecular complexity index is 565. The van der Waals surface area contributed by atoms with Crippen LogP contribution in [-0.4, -0.2) is 13.2 Å². The van der Waals surface area contributed by atoms with Crippen LogP contribution >= 0.6 is 0 Å². The van der Waals surface area contributed by atoms with Crippen LogP contribution in [0.25, 0.3) is 0 Å². The fraction of sp³-hybridized carbons (Fsp3) is 0.368. The highest BCUT2D eigenvalue weighted by molar-refractivity contribution is 5.42. The maximum absolute atomic E-state index is 5.93. The standard InChI is InChI=1S/C19H25NO/c1-4-13-21-18-12-7-6-11-17(18)19(20-5-2)16-10-8-9-15(3)14-16/h6-12,14,19-20H,4-5,13H2,1-3H3. The van der Waals surface area contributed by atoms with Gasteiger partial charge in [-0.05, 0) is 31.5 Å². The Labute approximate surface area is 128 Å². The molecular weight excluding hydrogens is 258 g/mol. The van der Waals surface area contributed by atoms with Crippen molar-refractivity contribution in [3.63, 3.8) is 0 Å². The molecule has 2 aromatic rings. The summed E-state index contributed by atoms with van der Waals surface area (Å²) < 4.78 is 5.93. The molecule has 0 radical (unpaired) electrons. The molecule has 2 nitrogen and oxygen atoms in total. The summed E-state index contributed by atoms with van der Waals surface area (Å²) >= 11 is 0. The Morgan fingerprint density at radius 3 is 2.57 bits per heavy atom. The van der Waals surface area contributed by atoms with Crippen LogP contribution in [0.5, 0.6) is 5.75 Å². The minimum atomic E-state index is 0.169. The fourth-order valence-corrected chi connectivity index (χ4v) is 2.52. The monoisotopic (exact) mass is 283 g/mol. The maximum Gasteiger partial charge on any atom is 0.124 e. The van der Waals surface area contributed by atoms with Crippen molar-refractivity contribution in [2.75, 3.05) is 13.2 Å². The van der Waals surface area contributed by atoms with Gasteiger partial charge in [0, 0.05) is 5.56 Å². The molecule has 0 bridgehead atoms. The zero-order valence-corrected chi connectivity index (χ0v) is 13.2. The molecule has 0 saturated heterocycles. The molecule has 1 atom stereocenters. The molecule has 2 rings (SSSR count). The van der Waals surface area contributed by atoms with Gasteiger partial charge in [-0.1, -0.05) is 61.9 Å². The van der Waals surface area contributed by atoms with Gasteiger partial charge in [-0.15, -0.1) is 0 Å². The summed E-state index contributed by atoms with van der Waals surface area (Å²) in [5.74, 6) is 0.979. The molecule has 21 heavy (non-hydrogen) atoms. The van der Waals surface area contributed by atoms with Crippen LogP contribution in [0.3, 0.4) is 0 Å². The van der Waals surface area contributed by atoms with Gasteiger partial charge in [-0.25, -0.2) is 0 Å². The number of benzene rings is 2. The summed E-state index contributed by atoms with van der Waals surface area (Å²) in [6.07, 6.45) is 1.02. The first-order valence-electron chi connectivity index (χ1n) is 7.78. The third-order valence-electron chi connectivity index (χ3n) is 3.48. The summed E-state index contributed by atoms with van der Waals surface area (Å²) in [6, 6.07) is 17.2. The van der Waals surface area contributed by atoms with Gasteiger partial charge in [0.1, 0.15) is 5.75 Å². The van der Waals surface area contributed by atoms with Crippen LogP contribution in [-0.2, 0) is 0 Å². The molecule has 0 spiro atoms. The lowest BCUT2D eigenvalue weighted by Gasteiger charge is -2.22. The maximum atomic E-state index is 5.93. The summed E-state index contributed by atoms with van der Waals surface area (Å²) in [5.41, 5.74) is 3.77. The van der Waals surface area contributed by atoms with Gasteiger partial charge in [0.15, 0.2) is 0 Å². The van der Waals surface area contributed by atoms with Crippen molar-refractivity contribution in [3.8, 4) is 5.75 Å². The Balaban J connectivity index is 2.38. The van der Waals surface area contributed by atoms with Gasteiger partial charge < -0.3 is 10.1 Å². The molecular formula is C19H25NO. The van der Waals surface area contributed by atoms with Crippen LogP contribution in [0.2, 0.25) is 0 Å². The normalized spacial score (nSPS) is 12.1. The minimum Gasteiger partial charge on any atom is -0.493 e. The first-order chi connectivity index (χ1) is 10.3. The Kier molecular flexibility index (Phi) is 5.82. The predicted octanol–water partition coefficient (Wildman–Crippen LogP) is 4.48. The van der Waals surface area contributed by atoms with E-state index in [1.165, 1.54) is 16.7 Å².